The molecule has 1 rings (SSSR count). The highest BCUT2D eigenvalue weighted by molar-refractivity contribution is 5.48. The van der Waals surface area contributed by atoms with Crippen LogP contribution in [0.2, 0.25) is 0 Å². The molecule has 2 nitrogen and oxygen atoms in total. The zero-order valence-corrected chi connectivity index (χ0v) is 25.1. The van der Waals surface area contributed by atoms with Crippen LogP contribution in [-0.4, -0.2) is 37.7 Å². The van der Waals surface area contributed by atoms with E-state index in [1.54, 1.807) is 0 Å². The van der Waals surface area contributed by atoms with Gasteiger partial charge in [0.2, 0.25) is 0 Å². The molecule has 214 valence electrons. The first kappa shape index (κ1) is 33.9. The van der Waals surface area contributed by atoms with Crippen LogP contribution in [-0.2, 0) is 4.74 Å². The molecular weight excluding hydrogens is 450 g/mol. The van der Waals surface area contributed by atoms with Gasteiger partial charge in [0.15, 0.2) is 0 Å². The maximum absolute atomic E-state index is 5.96. The van der Waals surface area contributed by atoms with Crippen molar-refractivity contribution in [1.82, 2.24) is 4.90 Å². The first-order valence-corrected chi connectivity index (χ1v) is 16.4. The molecule has 0 saturated heterocycles. The lowest BCUT2D eigenvalue weighted by Crippen LogP contribution is -2.30. The zero-order chi connectivity index (χ0) is 26.5. The second-order valence-electron chi connectivity index (χ2n) is 11.1. The molecule has 0 spiro atoms. The average Bonchev–Trinajstić information content (AvgIpc) is 2.92. The van der Waals surface area contributed by atoms with E-state index in [0.29, 0.717) is 6.61 Å². The summed E-state index contributed by atoms with van der Waals surface area (Å²) < 4.78 is 5.96. The summed E-state index contributed by atoms with van der Waals surface area (Å²) in [7, 11) is 0. The van der Waals surface area contributed by atoms with Crippen molar-refractivity contribution in [1.29, 1.82) is 0 Å². The molecule has 0 radical (unpaired) electrons. The lowest BCUT2D eigenvalue weighted by Gasteiger charge is -2.22. The molecular formula is C35H63NO. The molecule has 0 N–H and O–H groups in total. The van der Waals surface area contributed by atoms with E-state index in [2.05, 4.69) is 61.2 Å². The van der Waals surface area contributed by atoms with E-state index >= 15 is 0 Å². The van der Waals surface area contributed by atoms with Gasteiger partial charge in [-0.1, -0.05) is 172 Å². The van der Waals surface area contributed by atoms with Crippen molar-refractivity contribution in [3.05, 3.63) is 42.0 Å². The number of hydrogen-bond donors (Lipinski definition) is 0. The van der Waals surface area contributed by atoms with E-state index in [0.717, 1.165) is 13.2 Å². The molecule has 0 aliphatic rings. The Morgan fingerprint density at radius 3 is 1.43 bits per heavy atom. The van der Waals surface area contributed by atoms with Gasteiger partial charge in [0, 0.05) is 6.54 Å². The van der Waals surface area contributed by atoms with Crippen molar-refractivity contribution in [2.24, 2.45) is 0 Å². The number of rotatable bonds is 28. The first-order valence-electron chi connectivity index (χ1n) is 16.4. The maximum atomic E-state index is 5.96. The van der Waals surface area contributed by atoms with Crippen LogP contribution < -0.4 is 0 Å². The van der Waals surface area contributed by atoms with Gasteiger partial charge in [0.05, 0.1) is 13.2 Å². The molecule has 37 heavy (non-hydrogen) atoms. The van der Waals surface area contributed by atoms with Crippen molar-refractivity contribution in [2.75, 3.05) is 32.8 Å². The Kier molecular flexibility index (Phi) is 25.6. The second kappa shape index (κ2) is 27.9. The van der Waals surface area contributed by atoms with Gasteiger partial charge in [0.1, 0.15) is 0 Å². The predicted molar refractivity (Wildman–Crippen MR) is 166 cm³/mol. The van der Waals surface area contributed by atoms with Crippen LogP contribution in [0.25, 0.3) is 6.08 Å². The van der Waals surface area contributed by atoms with E-state index in [-0.39, 0.29) is 0 Å². The van der Waals surface area contributed by atoms with Gasteiger partial charge in [-0.25, -0.2) is 0 Å². The molecule has 1 aromatic rings. The van der Waals surface area contributed by atoms with E-state index in [4.69, 9.17) is 4.74 Å². The predicted octanol–water partition coefficient (Wildman–Crippen LogP) is 10.9. The lowest BCUT2D eigenvalue weighted by atomic mass is 10.1. The molecule has 0 aliphatic heterocycles. The highest BCUT2D eigenvalue weighted by Crippen LogP contribution is 2.13. The van der Waals surface area contributed by atoms with Gasteiger partial charge in [-0.05, 0) is 31.5 Å². The van der Waals surface area contributed by atoms with Crippen LogP contribution in [0.15, 0.2) is 36.4 Å². The topological polar surface area (TPSA) is 12.5 Å². The normalized spacial score (nSPS) is 11.8. The molecule has 2 heteroatoms. The van der Waals surface area contributed by atoms with E-state index in [1.807, 2.05) is 0 Å². The summed E-state index contributed by atoms with van der Waals surface area (Å²) in [5, 5.41) is 0. The fourth-order valence-corrected chi connectivity index (χ4v) is 5.07. The minimum atomic E-state index is 0.708. The lowest BCUT2D eigenvalue weighted by molar-refractivity contribution is 0.122. The number of benzene rings is 1. The van der Waals surface area contributed by atoms with Crippen LogP contribution >= 0.6 is 0 Å². The van der Waals surface area contributed by atoms with Gasteiger partial charge in [-0.3, -0.25) is 0 Å². The molecule has 0 fully saturated rings. The quantitative estimate of drug-likeness (QED) is 0.103. The number of nitrogens with zero attached hydrogens (tertiary/aromatic N) is 1. The Morgan fingerprint density at radius 2 is 0.973 bits per heavy atom. The van der Waals surface area contributed by atoms with Gasteiger partial charge >= 0.3 is 0 Å². The fraction of sp³-hybridized carbons (Fsp3) is 0.771. The number of ether oxygens (including phenoxy) is 1. The molecule has 0 bridgehead atoms. The van der Waals surface area contributed by atoms with Crippen LogP contribution in [0, 0.1) is 0 Å². The van der Waals surface area contributed by atoms with Crippen molar-refractivity contribution in [2.45, 2.75) is 142 Å². The third-order valence-electron chi connectivity index (χ3n) is 7.53. The van der Waals surface area contributed by atoms with E-state index in [1.165, 1.54) is 147 Å². The van der Waals surface area contributed by atoms with Crippen LogP contribution in [0.4, 0.5) is 0 Å². The summed E-state index contributed by atoms with van der Waals surface area (Å²) in [4.78, 5) is 2.68. The van der Waals surface area contributed by atoms with Crippen molar-refractivity contribution in [3.8, 4) is 0 Å². The molecule has 0 unspecified atom stereocenters. The third kappa shape index (κ3) is 23.7. The molecule has 0 heterocycles. The Labute approximate surface area is 232 Å². The Bertz CT molecular complexity index is 560. The smallest absolute Gasteiger partial charge is 0.0651 e. The first-order chi connectivity index (χ1) is 18.4. The largest absolute Gasteiger partial charge is 0.376 e. The maximum Gasteiger partial charge on any atom is 0.0651 e. The van der Waals surface area contributed by atoms with Crippen molar-refractivity contribution >= 4 is 6.08 Å². The van der Waals surface area contributed by atoms with Gasteiger partial charge in [-0.15, -0.1) is 0 Å². The fourth-order valence-electron chi connectivity index (χ4n) is 5.07. The van der Waals surface area contributed by atoms with E-state index < -0.39 is 0 Å². The SMILES string of the molecule is CCCCCCCCCCCCN(CCCCCCCCCCCC)CCOCC=Cc1ccccc1. The van der Waals surface area contributed by atoms with Gasteiger partial charge < -0.3 is 9.64 Å². The summed E-state index contributed by atoms with van der Waals surface area (Å²) in [6.45, 7) is 9.72. The zero-order valence-electron chi connectivity index (χ0n) is 25.1. The molecule has 0 atom stereocenters. The minimum absolute atomic E-state index is 0.708. The second-order valence-corrected chi connectivity index (χ2v) is 11.1. The van der Waals surface area contributed by atoms with Gasteiger partial charge in [0.25, 0.3) is 0 Å². The van der Waals surface area contributed by atoms with Gasteiger partial charge in [-0.2, -0.15) is 0 Å². The molecule has 0 aliphatic carbocycles. The molecule has 0 amide bonds. The standard InChI is InChI=1S/C35H63NO/c1-3-5-7-9-11-13-15-17-19-24-30-36(31-25-20-18-16-14-12-10-8-6-4-2)32-34-37-33-26-29-35-27-22-21-23-28-35/h21-23,26-29H,3-20,24-25,30-34H2,1-2H3. The number of unbranched alkanes of at least 4 members (excludes halogenated alkanes) is 18. The monoisotopic (exact) mass is 513 g/mol. The van der Waals surface area contributed by atoms with Crippen LogP contribution in [0.3, 0.4) is 0 Å². The highest BCUT2D eigenvalue weighted by Gasteiger charge is 2.05. The minimum Gasteiger partial charge on any atom is -0.376 e. The molecule has 0 saturated carbocycles. The summed E-state index contributed by atoms with van der Waals surface area (Å²) in [6, 6.07) is 10.5. The summed E-state index contributed by atoms with van der Waals surface area (Å²) in [6.07, 6.45) is 32.6. The average molecular weight is 514 g/mol. The number of hydrogen-bond acceptors (Lipinski definition) is 2. The van der Waals surface area contributed by atoms with Crippen molar-refractivity contribution < 1.29 is 4.74 Å². The Balaban J connectivity index is 2.15. The van der Waals surface area contributed by atoms with Crippen LogP contribution in [0.5, 0.6) is 0 Å². The Hall–Kier alpha value is -1.12. The molecule has 1 aromatic carbocycles. The Morgan fingerprint density at radius 1 is 0.541 bits per heavy atom. The van der Waals surface area contributed by atoms with Crippen LogP contribution in [0.1, 0.15) is 148 Å². The van der Waals surface area contributed by atoms with E-state index in [9.17, 15) is 0 Å². The summed E-state index contributed by atoms with van der Waals surface area (Å²) in [5.41, 5.74) is 1.25. The highest BCUT2D eigenvalue weighted by atomic mass is 16.5. The van der Waals surface area contributed by atoms with Crippen molar-refractivity contribution in [3.63, 3.8) is 0 Å². The third-order valence-corrected chi connectivity index (χ3v) is 7.53. The summed E-state index contributed by atoms with van der Waals surface area (Å²) in [5.74, 6) is 0. The summed E-state index contributed by atoms with van der Waals surface area (Å²) >= 11 is 0. The molecule has 0 aromatic heterocycles.